The maximum absolute atomic E-state index is 12.0. The number of carbonyl (C=O) groups is 1. The zero-order chi connectivity index (χ0) is 25.0. The molecule has 13 heteroatoms. The molecule has 0 aromatic carbocycles. The van der Waals surface area contributed by atoms with Crippen molar-refractivity contribution in [1.29, 1.82) is 0 Å². The first-order chi connectivity index (χ1) is 15.5. The summed E-state index contributed by atoms with van der Waals surface area (Å²) in [6.45, 7) is 0.906. The molecule has 0 aromatic heterocycles. The molecule has 0 aliphatic heterocycles. The highest BCUT2D eigenvalue weighted by atomic mass is 31.2. The number of aliphatic hydroxyl groups excluding tert-OH is 6. The molecule has 1 fully saturated rings. The second kappa shape index (κ2) is 15.4. The molecule has 0 heterocycles. The van der Waals surface area contributed by atoms with Crippen molar-refractivity contribution in [2.24, 2.45) is 0 Å². The molecule has 196 valence electrons. The minimum atomic E-state index is -4.97. The molecule has 1 aliphatic carbocycles. The van der Waals surface area contributed by atoms with Crippen LogP contribution in [0.15, 0.2) is 0 Å². The topological polar surface area (TPSA) is 203 Å². The van der Waals surface area contributed by atoms with Crippen molar-refractivity contribution >= 4 is 13.8 Å². The maximum atomic E-state index is 12.0. The number of phosphoric acid groups is 1. The fourth-order valence-electron chi connectivity index (χ4n) is 3.40. The van der Waals surface area contributed by atoms with Crippen molar-refractivity contribution in [2.75, 3.05) is 13.2 Å². The van der Waals surface area contributed by atoms with Gasteiger partial charge < -0.3 is 40.3 Å². The molecule has 1 rings (SSSR count). The van der Waals surface area contributed by atoms with Gasteiger partial charge in [-0.15, -0.1) is 0 Å². The number of unbranched alkanes of at least 4 members (excludes halogenated alkanes) is 7. The Kier molecular flexibility index (Phi) is 14.1. The van der Waals surface area contributed by atoms with Gasteiger partial charge >= 0.3 is 13.8 Å². The highest BCUT2D eigenvalue weighted by Gasteiger charge is 2.51. The second-order valence-electron chi connectivity index (χ2n) is 8.35. The average molecular weight is 502 g/mol. The third-order valence-electron chi connectivity index (χ3n) is 5.43. The van der Waals surface area contributed by atoms with Crippen molar-refractivity contribution in [3.05, 3.63) is 0 Å². The average Bonchev–Trinajstić information content (AvgIpc) is 2.78. The van der Waals surface area contributed by atoms with Crippen LogP contribution in [0, 0.1) is 0 Å². The summed E-state index contributed by atoms with van der Waals surface area (Å²) < 4.78 is 26.1. The summed E-state index contributed by atoms with van der Waals surface area (Å²) in [6.07, 6.45) is -4.42. The monoisotopic (exact) mass is 502 g/mol. The number of carbonyl (C=O) groups excluding carboxylic acids is 1. The van der Waals surface area contributed by atoms with E-state index in [1.807, 2.05) is 0 Å². The van der Waals surface area contributed by atoms with Gasteiger partial charge in [-0.2, -0.15) is 0 Å². The van der Waals surface area contributed by atoms with E-state index in [0.29, 0.717) is 6.42 Å². The molecule has 0 amide bonds. The van der Waals surface area contributed by atoms with Crippen molar-refractivity contribution < 1.29 is 58.7 Å². The maximum Gasteiger partial charge on any atom is 0.472 e. The predicted molar refractivity (Wildman–Crippen MR) is 115 cm³/mol. The Morgan fingerprint density at radius 3 is 1.85 bits per heavy atom. The van der Waals surface area contributed by atoms with Gasteiger partial charge in [0.15, 0.2) is 0 Å². The van der Waals surface area contributed by atoms with E-state index >= 15 is 0 Å². The van der Waals surface area contributed by atoms with Gasteiger partial charge in [-0.25, -0.2) is 4.57 Å². The second-order valence-corrected chi connectivity index (χ2v) is 9.76. The van der Waals surface area contributed by atoms with Gasteiger partial charge in [0, 0.05) is 6.42 Å². The van der Waals surface area contributed by atoms with E-state index in [1.165, 1.54) is 25.7 Å². The molecule has 7 N–H and O–H groups in total. The van der Waals surface area contributed by atoms with Gasteiger partial charge in [0.1, 0.15) is 49.3 Å². The largest absolute Gasteiger partial charge is 0.472 e. The van der Waals surface area contributed by atoms with Crippen LogP contribution in [0.5, 0.6) is 0 Å². The molecule has 6 atom stereocenters. The number of hydrogen-bond donors (Lipinski definition) is 7. The Morgan fingerprint density at radius 1 is 0.818 bits per heavy atom. The summed E-state index contributed by atoms with van der Waals surface area (Å²) in [6, 6.07) is 0. The number of aliphatic hydroxyl groups is 6. The highest BCUT2D eigenvalue weighted by Crippen LogP contribution is 2.47. The normalized spacial score (nSPS) is 30.5. The fraction of sp³-hybridized carbons (Fsp3) is 0.950. The summed E-state index contributed by atoms with van der Waals surface area (Å²) in [4.78, 5) is 21.5. The molecular formula is C20H39O12P. The molecule has 0 bridgehead atoms. The summed E-state index contributed by atoms with van der Waals surface area (Å²) in [7, 11) is -4.97. The number of ether oxygens (including phenoxy) is 1. The van der Waals surface area contributed by atoms with Gasteiger partial charge in [-0.1, -0.05) is 51.9 Å². The van der Waals surface area contributed by atoms with E-state index in [2.05, 4.69) is 16.0 Å². The Morgan fingerprint density at radius 2 is 1.30 bits per heavy atom. The zero-order valence-electron chi connectivity index (χ0n) is 18.9. The van der Waals surface area contributed by atoms with E-state index < -0.39 is 69.7 Å². The van der Waals surface area contributed by atoms with Gasteiger partial charge in [0.05, 0.1) is 6.61 Å². The number of rotatable bonds is 16. The Balaban J connectivity index is 2.26. The summed E-state index contributed by atoms with van der Waals surface area (Å²) in [5, 5.41) is 58.2. The minimum absolute atomic E-state index is 0.193. The van der Waals surface area contributed by atoms with Crippen LogP contribution in [0.3, 0.4) is 0 Å². The van der Waals surface area contributed by atoms with E-state index in [1.54, 1.807) is 0 Å². The van der Waals surface area contributed by atoms with E-state index in [4.69, 9.17) is 4.74 Å². The Labute approximate surface area is 193 Å². The van der Waals surface area contributed by atoms with Crippen LogP contribution in [-0.4, -0.2) is 97.4 Å². The van der Waals surface area contributed by atoms with Crippen LogP contribution >= 0.6 is 7.82 Å². The summed E-state index contributed by atoms with van der Waals surface area (Å²) in [5.74, 6) is -0.515. The van der Waals surface area contributed by atoms with Crippen LogP contribution in [0.25, 0.3) is 0 Å². The molecule has 1 saturated carbocycles. The molecule has 6 unspecified atom stereocenters. The first kappa shape index (κ1) is 30.4. The van der Waals surface area contributed by atoms with Crippen LogP contribution in [0.4, 0.5) is 0 Å². The molecule has 0 spiro atoms. The molecule has 33 heavy (non-hydrogen) atoms. The number of phosphoric ester groups is 1. The lowest BCUT2D eigenvalue weighted by Crippen LogP contribution is -2.64. The Bertz CT molecular complexity index is 590. The van der Waals surface area contributed by atoms with E-state index in [0.717, 1.165) is 19.3 Å². The first-order valence-corrected chi connectivity index (χ1v) is 12.9. The third-order valence-corrected chi connectivity index (χ3v) is 6.41. The molecule has 12 nitrogen and oxygen atoms in total. The van der Waals surface area contributed by atoms with Gasteiger partial charge in [0.2, 0.25) is 0 Å². The zero-order valence-corrected chi connectivity index (χ0v) is 19.8. The molecular weight excluding hydrogens is 463 g/mol. The predicted octanol–water partition coefficient (Wildman–Crippen LogP) is -0.258. The SMILES string of the molecule is CCCCCCCCCCC(=O)OCC(O)COP(=O)(O)OC1C(O)C(O)C(O)C(O)C1O. The van der Waals surface area contributed by atoms with Gasteiger partial charge in [0.25, 0.3) is 0 Å². The highest BCUT2D eigenvalue weighted by molar-refractivity contribution is 7.47. The van der Waals surface area contributed by atoms with E-state index in [-0.39, 0.29) is 6.42 Å². The van der Waals surface area contributed by atoms with Crippen LogP contribution in [0.2, 0.25) is 0 Å². The minimum Gasteiger partial charge on any atom is -0.463 e. The lowest BCUT2D eigenvalue weighted by Gasteiger charge is -2.41. The number of esters is 1. The van der Waals surface area contributed by atoms with Gasteiger partial charge in [-0.3, -0.25) is 13.8 Å². The summed E-state index contributed by atoms with van der Waals surface area (Å²) in [5.41, 5.74) is 0. The molecule has 0 radical (unpaired) electrons. The number of hydrogen-bond acceptors (Lipinski definition) is 11. The lowest BCUT2D eigenvalue weighted by molar-refractivity contribution is -0.220. The first-order valence-electron chi connectivity index (χ1n) is 11.4. The Hall–Kier alpha value is -0.660. The van der Waals surface area contributed by atoms with E-state index in [9.17, 15) is 44.9 Å². The van der Waals surface area contributed by atoms with Crippen molar-refractivity contribution in [3.8, 4) is 0 Å². The standard InChI is InChI=1S/C20H39O12P/c1-2-3-4-5-6-7-8-9-10-14(22)30-11-13(21)12-31-33(28,29)32-20-18(26)16(24)15(23)17(25)19(20)27/h13,15-21,23-27H,2-12H2,1H3,(H,28,29). The lowest BCUT2D eigenvalue weighted by atomic mass is 9.85. The van der Waals surface area contributed by atoms with Gasteiger partial charge in [-0.05, 0) is 6.42 Å². The van der Waals surface area contributed by atoms with Crippen LogP contribution in [0.1, 0.15) is 64.7 Å². The fourth-order valence-corrected chi connectivity index (χ4v) is 4.38. The van der Waals surface area contributed by atoms with Crippen molar-refractivity contribution in [1.82, 2.24) is 0 Å². The van der Waals surface area contributed by atoms with Crippen LogP contribution < -0.4 is 0 Å². The molecule has 0 saturated heterocycles. The van der Waals surface area contributed by atoms with Crippen molar-refractivity contribution in [2.45, 2.75) is 107 Å². The molecule has 0 aromatic rings. The smallest absolute Gasteiger partial charge is 0.463 e. The van der Waals surface area contributed by atoms with Crippen molar-refractivity contribution in [3.63, 3.8) is 0 Å². The third kappa shape index (κ3) is 11.1. The summed E-state index contributed by atoms with van der Waals surface area (Å²) >= 11 is 0. The quantitative estimate of drug-likeness (QED) is 0.0829. The van der Waals surface area contributed by atoms with Crippen LogP contribution in [-0.2, 0) is 23.1 Å². The molecule has 1 aliphatic rings.